The van der Waals surface area contributed by atoms with E-state index < -0.39 is 0 Å². The minimum atomic E-state index is -0.173. The van der Waals surface area contributed by atoms with Crippen molar-refractivity contribution in [3.05, 3.63) is 156 Å². The lowest BCUT2D eigenvalue weighted by atomic mass is 10.0. The molecule has 4 aromatic rings. The summed E-state index contributed by atoms with van der Waals surface area (Å²) in [6.45, 7) is 7.05. The van der Waals surface area contributed by atoms with Gasteiger partial charge in [-0.25, -0.2) is 0 Å². The van der Waals surface area contributed by atoms with Gasteiger partial charge in [-0.1, -0.05) is 127 Å². The Morgan fingerprint density at radius 2 is 0.975 bits per heavy atom. The zero-order valence-corrected chi connectivity index (χ0v) is 23.1. The molecule has 0 bridgehead atoms. The highest BCUT2D eigenvalue weighted by Gasteiger charge is 2.50. The Labute approximate surface area is 238 Å². The first-order chi connectivity index (χ1) is 19.8. The van der Waals surface area contributed by atoms with Gasteiger partial charge >= 0.3 is 0 Å². The fourth-order valence-corrected chi connectivity index (χ4v) is 5.54. The van der Waals surface area contributed by atoms with Gasteiger partial charge in [0, 0.05) is 12.6 Å². The van der Waals surface area contributed by atoms with E-state index in [0.29, 0.717) is 26.4 Å². The molecule has 1 fully saturated rings. The van der Waals surface area contributed by atoms with Crippen molar-refractivity contribution in [1.82, 2.24) is 4.90 Å². The number of hydrogen-bond donors (Lipinski definition) is 0. The first-order valence-corrected chi connectivity index (χ1v) is 14.1. The van der Waals surface area contributed by atoms with E-state index >= 15 is 0 Å². The number of ether oxygens (including phenoxy) is 3. The minimum Gasteiger partial charge on any atom is -0.375 e. The second-order valence-electron chi connectivity index (χ2n) is 10.3. The van der Waals surface area contributed by atoms with Crippen LogP contribution in [0, 0.1) is 0 Å². The lowest BCUT2D eigenvalue weighted by Crippen LogP contribution is -2.42. The van der Waals surface area contributed by atoms with Crippen LogP contribution in [0.25, 0.3) is 0 Å². The fourth-order valence-electron chi connectivity index (χ4n) is 5.54. The first-order valence-electron chi connectivity index (χ1n) is 14.1. The normalized spacial score (nSPS) is 20.9. The molecule has 0 amide bonds. The van der Waals surface area contributed by atoms with Crippen LogP contribution in [0.4, 0.5) is 0 Å². The summed E-state index contributed by atoms with van der Waals surface area (Å²) >= 11 is 0. The van der Waals surface area contributed by atoms with Crippen molar-refractivity contribution >= 4 is 0 Å². The summed E-state index contributed by atoms with van der Waals surface area (Å²) in [6.07, 6.45) is 2.49. The van der Waals surface area contributed by atoms with Gasteiger partial charge < -0.3 is 14.2 Å². The van der Waals surface area contributed by atoms with Crippen LogP contribution in [0.3, 0.4) is 0 Å². The number of rotatable bonds is 14. The molecule has 0 unspecified atom stereocenters. The third-order valence-electron chi connectivity index (χ3n) is 7.52. The summed E-state index contributed by atoms with van der Waals surface area (Å²) in [7, 11) is 0. The zero-order chi connectivity index (χ0) is 27.4. The molecular weight excluding hydrogens is 494 g/mol. The Morgan fingerprint density at radius 3 is 1.45 bits per heavy atom. The molecule has 4 nitrogen and oxygen atoms in total. The molecule has 0 radical (unpaired) electrons. The SMILES string of the molecule is C=CC[C@H]1[C@@H](OCc2ccccc2)[C@H](OCc2ccccc2)[C@@H](COCc2ccccc2)N1Cc1ccccc1. The van der Waals surface area contributed by atoms with Crippen molar-refractivity contribution < 1.29 is 14.2 Å². The van der Waals surface area contributed by atoms with Gasteiger partial charge in [-0.3, -0.25) is 4.90 Å². The molecule has 0 N–H and O–H groups in total. The van der Waals surface area contributed by atoms with Crippen LogP contribution in [0.5, 0.6) is 0 Å². The highest BCUT2D eigenvalue weighted by Crippen LogP contribution is 2.35. The Kier molecular flexibility index (Phi) is 10.3. The largest absolute Gasteiger partial charge is 0.375 e. The molecule has 1 heterocycles. The molecule has 1 aliphatic rings. The van der Waals surface area contributed by atoms with Gasteiger partial charge in [0.25, 0.3) is 0 Å². The molecule has 0 spiro atoms. The maximum atomic E-state index is 6.77. The van der Waals surface area contributed by atoms with Crippen molar-refractivity contribution in [2.24, 2.45) is 0 Å². The molecule has 1 saturated heterocycles. The standard InChI is InChI=1S/C36H39NO3/c1-2-15-33-35(39-26-31-20-11-5-12-21-31)36(40-27-32-22-13-6-14-23-32)34(28-38-25-30-18-9-4-10-19-30)37(33)24-29-16-7-3-8-17-29/h2-14,16-23,33-36H,1,15,24-28H2/t33-,34+,35+,36+/m0/s1. The van der Waals surface area contributed by atoms with Gasteiger partial charge in [-0.05, 0) is 28.7 Å². The Balaban J connectivity index is 1.43. The fraction of sp³-hybridized carbons (Fsp3) is 0.278. The summed E-state index contributed by atoms with van der Waals surface area (Å²) in [6, 6.07) is 41.8. The van der Waals surface area contributed by atoms with Crippen molar-refractivity contribution in [2.75, 3.05) is 6.61 Å². The van der Waals surface area contributed by atoms with Crippen molar-refractivity contribution in [1.29, 1.82) is 0 Å². The van der Waals surface area contributed by atoms with Crippen molar-refractivity contribution in [2.45, 2.75) is 57.1 Å². The molecule has 4 heteroatoms. The molecule has 206 valence electrons. The van der Waals surface area contributed by atoms with Gasteiger partial charge in [0.2, 0.25) is 0 Å². The van der Waals surface area contributed by atoms with Crippen LogP contribution < -0.4 is 0 Å². The molecule has 0 saturated carbocycles. The van der Waals surface area contributed by atoms with E-state index in [4.69, 9.17) is 14.2 Å². The quantitative estimate of drug-likeness (QED) is 0.160. The van der Waals surface area contributed by atoms with Crippen molar-refractivity contribution in [3.8, 4) is 0 Å². The van der Waals surface area contributed by atoms with Gasteiger partial charge in [-0.15, -0.1) is 6.58 Å². The Bertz CT molecular complexity index is 1270. The average molecular weight is 534 g/mol. The average Bonchev–Trinajstić information content (AvgIpc) is 3.28. The summed E-state index contributed by atoms with van der Waals surface area (Å²) < 4.78 is 19.9. The number of nitrogens with zero attached hydrogens (tertiary/aromatic N) is 1. The zero-order valence-electron chi connectivity index (χ0n) is 23.1. The third-order valence-corrected chi connectivity index (χ3v) is 7.52. The number of likely N-dealkylation sites (tertiary alicyclic amines) is 1. The molecule has 5 rings (SSSR count). The summed E-state index contributed by atoms with van der Waals surface area (Å²) in [4.78, 5) is 2.52. The summed E-state index contributed by atoms with van der Waals surface area (Å²) in [5.74, 6) is 0. The topological polar surface area (TPSA) is 30.9 Å². The highest BCUT2D eigenvalue weighted by molar-refractivity contribution is 5.19. The lowest BCUT2D eigenvalue weighted by Gasteiger charge is -2.31. The number of hydrogen-bond acceptors (Lipinski definition) is 4. The number of benzene rings is 4. The van der Waals surface area contributed by atoms with Crippen LogP contribution in [0.2, 0.25) is 0 Å². The predicted octanol–water partition coefficient (Wildman–Crippen LogP) is 7.20. The van der Waals surface area contributed by atoms with Crippen LogP contribution in [-0.2, 0) is 40.6 Å². The van der Waals surface area contributed by atoms with Gasteiger partial charge in [0.1, 0.15) is 12.2 Å². The monoisotopic (exact) mass is 533 g/mol. The predicted molar refractivity (Wildman–Crippen MR) is 161 cm³/mol. The third kappa shape index (κ3) is 7.56. The van der Waals surface area contributed by atoms with Gasteiger partial charge in [0.15, 0.2) is 0 Å². The van der Waals surface area contributed by atoms with E-state index in [1.807, 2.05) is 24.3 Å². The van der Waals surface area contributed by atoms with E-state index in [1.54, 1.807) is 0 Å². The maximum absolute atomic E-state index is 6.77. The highest BCUT2D eigenvalue weighted by atomic mass is 16.5. The Hall–Kier alpha value is -3.54. The van der Waals surface area contributed by atoms with Crippen molar-refractivity contribution in [3.63, 3.8) is 0 Å². The lowest BCUT2D eigenvalue weighted by molar-refractivity contribution is -0.0863. The molecular formula is C36H39NO3. The second-order valence-corrected chi connectivity index (χ2v) is 10.3. The van der Waals surface area contributed by atoms with E-state index in [2.05, 4.69) is 115 Å². The van der Waals surface area contributed by atoms with E-state index in [1.165, 1.54) is 5.56 Å². The molecule has 1 aliphatic heterocycles. The minimum absolute atomic E-state index is 0.0124. The van der Waals surface area contributed by atoms with Gasteiger partial charge in [-0.2, -0.15) is 0 Å². The smallest absolute Gasteiger partial charge is 0.103 e. The van der Waals surface area contributed by atoms with E-state index in [9.17, 15) is 0 Å². The van der Waals surface area contributed by atoms with Crippen LogP contribution in [-0.4, -0.2) is 35.8 Å². The first kappa shape index (κ1) is 28.0. The molecule has 4 atom stereocenters. The van der Waals surface area contributed by atoms with E-state index in [0.717, 1.165) is 29.7 Å². The molecule has 0 aromatic heterocycles. The van der Waals surface area contributed by atoms with Crippen LogP contribution in [0.1, 0.15) is 28.7 Å². The summed E-state index contributed by atoms with van der Waals surface area (Å²) in [5, 5.41) is 0. The summed E-state index contributed by atoms with van der Waals surface area (Å²) in [5.41, 5.74) is 4.72. The maximum Gasteiger partial charge on any atom is 0.103 e. The van der Waals surface area contributed by atoms with E-state index in [-0.39, 0.29) is 24.3 Å². The second kappa shape index (κ2) is 14.7. The Morgan fingerprint density at radius 1 is 0.550 bits per heavy atom. The van der Waals surface area contributed by atoms with Crippen LogP contribution >= 0.6 is 0 Å². The molecule has 40 heavy (non-hydrogen) atoms. The molecule has 0 aliphatic carbocycles. The molecule has 4 aromatic carbocycles. The van der Waals surface area contributed by atoms with Gasteiger partial charge in [0.05, 0.1) is 32.5 Å². The van der Waals surface area contributed by atoms with Crippen LogP contribution in [0.15, 0.2) is 134 Å².